The molecule has 3 heterocycles. The lowest BCUT2D eigenvalue weighted by atomic mass is 10.1. The van der Waals surface area contributed by atoms with Gasteiger partial charge in [-0.2, -0.15) is 4.98 Å². The molecule has 148 valence electrons. The van der Waals surface area contributed by atoms with Gasteiger partial charge in [0.05, 0.1) is 48.9 Å². The molecular weight excluding hydrogens is 383 g/mol. The first-order chi connectivity index (χ1) is 13.6. The minimum atomic E-state index is -1.44. The van der Waals surface area contributed by atoms with Gasteiger partial charge in [-0.3, -0.25) is 9.97 Å². The molecule has 0 amide bonds. The van der Waals surface area contributed by atoms with Crippen molar-refractivity contribution in [3.63, 3.8) is 0 Å². The third-order valence-electron chi connectivity index (χ3n) is 4.83. The molecule has 7 nitrogen and oxygen atoms in total. The highest BCUT2D eigenvalue weighted by atomic mass is 32.2. The normalized spacial score (nSPS) is 15.8. The van der Waals surface area contributed by atoms with Crippen LogP contribution in [-0.2, 0) is 21.7 Å². The largest absolute Gasteiger partial charge is 0.609 e. The van der Waals surface area contributed by atoms with Gasteiger partial charge in [0.1, 0.15) is 5.75 Å². The summed E-state index contributed by atoms with van der Waals surface area (Å²) >= 11 is -1.44. The topological polar surface area (TPSA) is 86.3 Å². The highest BCUT2D eigenvalue weighted by Crippen LogP contribution is 2.28. The van der Waals surface area contributed by atoms with E-state index in [0.29, 0.717) is 59.7 Å². The summed E-state index contributed by atoms with van der Waals surface area (Å²) in [4.78, 5) is 13.6. The molecule has 0 radical (unpaired) electrons. The van der Waals surface area contributed by atoms with Crippen LogP contribution >= 0.6 is 0 Å². The number of benzene rings is 1. The van der Waals surface area contributed by atoms with Gasteiger partial charge in [-0.05, 0) is 19.1 Å². The number of fused-ring (bicyclic) bond motifs is 1. The predicted octanol–water partition coefficient (Wildman–Crippen LogP) is 2.56. The molecule has 2 aromatic heterocycles. The monoisotopic (exact) mass is 404 g/mol. The number of rotatable bonds is 5. The Morgan fingerprint density at radius 2 is 2.14 bits per heavy atom. The van der Waals surface area contributed by atoms with E-state index in [1.54, 1.807) is 13.2 Å². The summed E-state index contributed by atoms with van der Waals surface area (Å²) in [6, 6.07) is 5.43. The Bertz CT molecular complexity index is 991. The van der Waals surface area contributed by atoms with Gasteiger partial charge in [-0.1, -0.05) is 0 Å². The molecule has 1 fully saturated rings. The lowest BCUT2D eigenvalue weighted by molar-refractivity contribution is 0.122. The summed E-state index contributed by atoms with van der Waals surface area (Å²) in [5, 5.41) is 0.363. The number of nitrogens with one attached hydrogen (secondary N) is 1. The van der Waals surface area contributed by atoms with Crippen molar-refractivity contribution in [1.29, 1.82) is 0 Å². The van der Waals surface area contributed by atoms with E-state index < -0.39 is 11.2 Å². The number of hydrogen-bond donors (Lipinski definition) is 1. The summed E-state index contributed by atoms with van der Waals surface area (Å²) in [6.07, 6.45) is 1.20. The number of H-pyrrole nitrogens is 1. The van der Waals surface area contributed by atoms with Gasteiger partial charge in [0, 0.05) is 35.9 Å². The third kappa shape index (κ3) is 3.65. The summed E-state index contributed by atoms with van der Waals surface area (Å²) in [5.41, 5.74) is 3.27. The van der Waals surface area contributed by atoms with Crippen LogP contribution in [0.1, 0.15) is 11.3 Å². The first-order valence-electron chi connectivity index (χ1n) is 8.95. The van der Waals surface area contributed by atoms with Gasteiger partial charge in [0.15, 0.2) is 11.6 Å². The number of ether oxygens (including phenoxy) is 2. The molecule has 0 saturated carbocycles. The average molecular weight is 404 g/mol. The Balaban J connectivity index is 1.60. The molecule has 4 rings (SSSR count). The lowest BCUT2D eigenvalue weighted by Gasteiger charge is -2.30. The van der Waals surface area contributed by atoms with E-state index in [9.17, 15) is 8.94 Å². The number of halogens is 1. The third-order valence-corrected chi connectivity index (χ3v) is 5.99. The smallest absolute Gasteiger partial charge is 0.322 e. The molecule has 0 bridgehead atoms. The van der Waals surface area contributed by atoms with E-state index in [-0.39, 0.29) is 11.6 Å². The second-order valence-electron chi connectivity index (χ2n) is 6.54. The van der Waals surface area contributed by atoms with Crippen LogP contribution in [0, 0.1) is 12.7 Å². The maximum Gasteiger partial charge on any atom is 0.322 e. The highest BCUT2D eigenvalue weighted by molar-refractivity contribution is 7.90. The Kier molecular flexibility index (Phi) is 5.38. The van der Waals surface area contributed by atoms with Crippen molar-refractivity contribution in [2.45, 2.75) is 17.8 Å². The van der Waals surface area contributed by atoms with Crippen molar-refractivity contribution >= 4 is 27.9 Å². The van der Waals surface area contributed by atoms with Crippen LogP contribution < -0.4 is 9.64 Å². The SMILES string of the molecule is COc1ccc2[nH]c([S+]([O-])Cc3ncc(F)c(N4CCOCC4)c3C)nc2c1. The van der Waals surface area contributed by atoms with Crippen molar-refractivity contribution in [3.8, 4) is 5.75 Å². The molecule has 1 aromatic carbocycles. The molecule has 1 unspecified atom stereocenters. The summed E-state index contributed by atoms with van der Waals surface area (Å²) < 4.78 is 37.9. The maximum atomic E-state index is 14.4. The van der Waals surface area contributed by atoms with Crippen molar-refractivity contribution in [3.05, 3.63) is 41.5 Å². The number of aromatic nitrogens is 3. The second-order valence-corrected chi connectivity index (χ2v) is 7.91. The molecule has 9 heteroatoms. The molecule has 0 aliphatic carbocycles. The predicted molar refractivity (Wildman–Crippen MR) is 105 cm³/mol. The molecule has 0 spiro atoms. The van der Waals surface area contributed by atoms with Gasteiger partial charge in [-0.25, -0.2) is 4.39 Å². The molecule has 1 aliphatic rings. The summed E-state index contributed by atoms with van der Waals surface area (Å²) in [5.74, 6) is 0.465. The van der Waals surface area contributed by atoms with Crippen molar-refractivity contribution < 1.29 is 18.4 Å². The number of imidazole rings is 1. The number of hydrogen-bond acceptors (Lipinski definition) is 6. The van der Waals surface area contributed by atoms with Crippen molar-refractivity contribution in [2.24, 2.45) is 0 Å². The zero-order chi connectivity index (χ0) is 19.7. The molecule has 28 heavy (non-hydrogen) atoms. The average Bonchev–Trinajstić information content (AvgIpc) is 3.14. The van der Waals surface area contributed by atoms with Gasteiger partial charge >= 0.3 is 5.16 Å². The number of methoxy groups -OCH3 is 1. The summed E-state index contributed by atoms with van der Waals surface area (Å²) in [6.45, 7) is 4.18. The molecular formula is C19H21FN4O3S. The first kappa shape index (κ1) is 19.0. The zero-order valence-corrected chi connectivity index (χ0v) is 16.5. The van der Waals surface area contributed by atoms with Gasteiger partial charge < -0.3 is 18.9 Å². The van der Waals surface area contributed by atoms with Crippen LogP contribution in [0.3, 0.4) is 0 Å². The fraction of sp³-hybridized carbons (Fsp3) is 0.368. The number of morpholine rings is 1. The van der Waals surface area contributed by atoms with Gasteiger partial charge in [0.25, 0.3) is 0 Å². The van der Waals surface area contributed by atoms with E-state index in [0.717, 1.165) is 5.52 Å². The van der Waals surface area contributed by atoms with Crippen molar-refractivity contribution in [1.82, 2.24) is 15.0 Å². The standard InChI is InChI=1S/C19H21FN4O3S/c1-12-17(21-10-14(20)18(12)24-5-7-27-8-6-24)11-28(25)19-22-15-4-3-13(26-2)9-16(15)23-19/h3-4,9-10H,5-8,11H2,1-2H3,(H,22,23). The highest BCUT2D eigenvalue weighted by Gasteiger charge is 2.24. The van der Waals surface area contributed by atoms with E-state index in [1.165, 1.54) is 6.20 Å². The number of aromatic amines is 1. The van der Waals surface area contributed by atoms with E-state index in [4.69, 9.17) is 9.47 Å². The quantitative estimate of drug-likeness (QED) is 0.658. The Labute approximate surface area is 165 Å². The minimum Gasteiger partial charge on any atom is -0.609 e. The maximum absolute atomic E-state index is 14.4. The molecule has 1 aliphatic heterocycles. The summed E-state index contributed by atoms with van der Waals surface area (Å²) in [7, 11) is 1.59. The Morgan fingerprint density at radius 3 is 2.89 bits per heavy atom. The molecule has 1 saturated heterocycles. The molecule has 1 N–H and O–H groups in total. The van der Waals surface area contributed by atoms with Crippen LogP contribution in [0.15, 0.2) is 29.6 Å². The lowest BCUT2D eigenvalue weighted by Crippen LogP contribution is -2.37. The minimum absolute atomic E-state index is 0.153. The Hall–Kier alpha value is -2.36. The molecule has 1 atom stereocenters. The zero-order valence-electron chi connectivity index (χ0n) is 15.7. The number of anilines is 1. The first-order valence-corrected chi connectivity index (χ1v) is 10.3. The van der Waals surface area contributed by atoms with Crippen LogP contribution in [0.2, 0.25) is 0 Å². The van der Waals surface area contributed by atoms with Crippen LogP contribution in [0.25, 0.3) is 11.0 Å². The fourth-order valence-corrected chi connectivity index (χ4v) is 4.42. The van der Waals surface area contributed by atoms with E-state index in [1.807, 2.05) is 24.0 Å². The second kappa shape index (κ2) is 7.94. The van der Waals surface area contributed by atoms with Gasteiger partial charge in [0.2, 0.25) is 0 Å². The van der Waals surface area contributed by atoms with Crippen molar-refractivity contribution in [2.75, 3.05) is 38.3 Å². The van der Waals surface area contributed by atoms with E-state index in [2.05, 4.69) is 15.0 Å². The Morgan fingerprint density at radius 1 is 1.36 bits per heavy atom. The fourth-order valence-electron chi connectivity index (χ4n) is 3.32. The van der Waals surface area contributed by atoms with Crippen LogP contribution in [0.4, 0.5) is 10.1 Å². The van der Waals surface area contributed by atoms with Crippen LogP contribution in [0.5, 0.6) is 5.75 Å². The van der Waals surface area contributed by atoms with E-state index >= 15 is 0 Å². The number of pyridine rings is 1. The number of nitrogens with zero attached hydrogens (tertiary/aromatic N) is 3. The molecule has 3 aromatic rings. The van der Waals surface area contributed by atoms with Gasteiger partial charge in [-0.15, -0.1) is 0 Å². The van der Waals surface area contributed by atoms with Crippen LogP contribution in [-0.4, -0.2) is 52.9 Å².